The average Bonchev–Trinajstić information content (AvgIpc) is 2.65. The highest BCUT2D eigenvalue weighted by atomic mass is 15.1. The highest BCUT2D eigenvalue weighted by Crippen LogP contribution is 2.21. The van der Waals surface area contributed by atoms with E-state index in [9.17, 15) is 0 Å². The van der Waals surface area contributed by atoms with E-state index in [1.165, 1.54) is 5.52 Å². The molecule has 0 amide bonds. The summed E-state index contributed by atoms with van der Waals surface area (Å²) in [4.78, 5) is 4.69. The number of hydrogen-bond acceptors (Lipinski definition) is 2. The zero-order chi connectivity index (χ0) is 11.5. The molecule has 0 aliphatic carbocycles. The molecule has 0 unspecified atom stereocenters. The monoisotopic (exact) mass is 217 g/mol. The topological polar surface area (TPSA) is 43.8 Å². The number of nitrogens with two attached hydrogens (primary N) is 1. The maximum Gasteiger partial charge on any atom is 0.112 e. The van der Waals surface area contributed by atoms with Crippen molar-refractivity contribution in [2.75, 3.05) is 6.54 Å². The van der Waals surface area contributed by atoms with E-state index in [0.29, 0.717) is 5.92 Å². The summed E-state index contributed by atoms with van der Waals surface area (Å²) in [5.74, 6) is 1.61. The average molecular weight is 217 g/mol. The van der Waals surface area contributed by atoms with Crippen LogP contribution in [0.3, 0.4) is 0 Å². The maximum absolute atomic E-state index is 5.58. The SMILES string of the molecule is CC(C)c1nc2ccccc2n1CCCN. The van der Waals surface area contributed by atoms with Gasteiger partial charge >= 0.3 is 0 Å². The Labute approximate surface area is 96.3 Å². The third-order valence-electron chi connectivity index (χ3n) is 2.79. The van der Waals surface area contributed by atoms with Crippen LogP contribution in [-0.4, -0.2) is 16.1 Å². The number of imidazole rings is 1. The molecule has 2 aromatic rings. The summed E-state index contributed by atoms with van der Waals surface area (Å²) < 4.78 is 2.30. The van der Waals surface area contributed by atoms with Gasteiger partial charge in [-0.2, -0.15) is 0 Å². The second kappa shape index (κ2) is 4.66. The lowest BCUT2D eigenvalue weighted by Gasteiger charge is -2.10. The van der Waals surface area contributed by atoms with Crippen molar-refractivity contribution in [2.24, 2.45) is 5.73 Å². The van der Waals surface area contributed by atoms with E-state index >= 15 is 0 Å². The van der Waals surface area contributed by atoms with Crippen molar-refractivity contribution in [2.45, 2.75) is 32.7 Å². The molecule has 1 aromatic carbocycles. The van der Waals surface area contributed by atoms with Crippen molar-refractivity contribution in [3.05, 3.63) is 30.1 Å². The molecule has 0 spiro atoms. The quantitative estimate of drug-likeness (QED) is 0.855. The minimum Gasteiger partial charge on any atom is -0.330 e. The summed E-state index contributed by atoms with van der Waals surface area (Å²) in [5, 5.41) is 0. The first-order valence-corrected chi connectivity index (χ1v) is 5.89. The molecule has 0 saturated carbocycles. The first kappa shape index (κ1) is 11.1. The van der Waals surface area contributed by atoms with Gasteiger partial charge in [-0.3, -0.25) is 0 Å². The van der Waals surface area contributed by atoms with Crippen molar-refractivity contribution in [3.63, 3.8) is 0 Å². The number of hydrogen-bond donors (Lipinski definition) is 1. The van der Waals surface area contributed by atoms with Crippen LogP contribution in [0.15, 0.2) is 24.3 Å². The molecular formula is C13H19N3. The molecule has 0 atom stereocenters. The summed E-state index contributed by atoms with van der Waals surface area (Å²) in [5.41, 5.74) is 7.89. The van der Waals surface area contributed by atoms with Crippen molar-refractivity contribution < 1.29 is 0 Å². The first-order valence-electron chi connectivity index (χ1n) is 5.89. The van der Waals surface area contributed by atoms with Gasteiger partial charge in [0.15, 0.2) is 0 Å². The van der Waals surface area contributed by atoms with Gasteiger partial charge in [-0.15, -0.1) is 0 Å². The Morgan fingerprint density at radius 1 is 1.31 bits per heavy atom. The molecule has 3 nitrogen and oxygen atoms in total. The summed E-state index contributed by atoms with van der Waals surface area (Å²) in [7, 11) is 0. The van der Waals surface area contributed by atoms with Crippen molar-refractivity contribution >= 4 is 11.0 Å². The third kappa shape index (κ3) is 1.95. The van der Waals surface area contributed by atoms with Crippen molar-refractivity contribution in [1.82, 2.24) is 9.55 Å². The fourth-order valence-corrected chi connectivity index (χ4v) is 2.02. The van der Waals surface area contributed by atoms with Crippen LogP contribution in [0, 0.1) is 0 Å². The predicted octanol–water partition coefficient (Wildman–Crippen LogP) is 2.51. The molecule has 3 heteroatoms. The van der Waals surface area contributed by atoms with Crippen LogP contribution in [0.4, 0.5) is 0 Å². The van der Waals surface area contributed by atoms with Gasteiger partial charge < -0.3 is 10.3 Å². The Bertz CT molecular complexity index is 471. The third-order valence-corrected chi connectivity index (χ3v) is 2.79. The van der Waals surface area contributed by atoms with E-state index in [1.54, 1.807) is 0 Å². The van der Waals surface area contributed by atoms with E-state index in [0.717, 1.165) is 30.9 Å². The molecule has 0 fully saturated rings. The van der Waals surface area contributed by atoms with Crippen LogP contribution in [0.2, 0.25) is 0 Å². The zero-order valence-electron chi connectivity index (χ0n) is 9.98. The van der Waals surface area contributed by atoms with Gasteiger partial charge in [-0.05, 0) is 25.1 Å². The molecule has 0 bridgehead atoms. The highest BCUT2D eigenvalue weighted by molar-refractivity contribution is 5.76. The standard InChI is InChI=1S/C13H19N3/c1-10(2)13-15-11-6-3-4-7-12(11)16(13)9-5-8-14/h3-4,6-7,10H,5,8-9,14H2,1-2H3. The number of rotatable bonds is 4. The van der Waals surface area contributed by atoms with Gasteiger partial charge in [0.1, 0.15) is 5.82 Å². The number of para-hydroxylation sites is 2. The summed E-state index contributed by atoms with van der Waals surface area (Å²) >= 11 is 0. The van der Waals surface area contributed by atoms with Crippen LogP contribution in [0.1, 0.15) is 32.0 Å². The number of aromatic nitrogens is 2. The van der Waals surface area contributed by atoms with Crippen LogP contribution < -0.4 is 5.73 Å². The summed E-state index contributed by atoms with van der Waals surface area (Å²) in [6, 6.07) is 8.30. The van der Waals surface area contributed by atoms with E-state index in [-0.39, 0.29) is 0 Å². The normalized spacial score (nSPS) is 11.5. The highest BCUT2D eigenvalue weighted by Gasteiger charge is 2.12. The van der Waals surface area contributed by atoms with Crippen LogP contribution in [0.25, 0.3) is 11.0 Å². The minimum absolute atomic E-state index is 0.449. The minimum atomic E-state index is 0.449. The first-order chi connectivity index (χ1) is 7.74. The van der Waals surface area contributed by atoms with E-state index in [4.69, 9.17) is 5.73 Å². The van der Waals surface area contributed by atoms with Gasteiger partial charge in [0.25, 0.3) is 0 Å². The van der Waals surface area contributed by atoms with Crippen LogP contribution >= 0.6 is 0 Å². The predicted molar refractivity (Wildman–Crippen MR) is 67.5 cm³/mol. The Balaban J connectivity index is 2.51. The molecule has 1 heterocycles. The second-order valence-electron chi connectivity index (χ2n) is 4.41. The molecule has 0 radical (unpaired) electrons. The summed E-state index contributed by atoms with van der Waals surface area (Å²) in [6.07, 6.45) is 1.00. The van der Waals surface area contributed by atoms with Gasteiger partial charge in [0.05, 0.1) is 11.0 Å². The number of fused-ring (bicyclic) bond motifs is 1. The van der Waals surface area contributed by atoms with Crippen molar-refractivity contribution in [1.29, 1.82) is 0 Å². The van der Waals surface area contributed by atoms with Crippen LogP contribution in [-0.2, 0) is 6.54 Å². The van der Waals surface area contributed by atoms with Crippen molar-refractivity contribution in [3.8, 4) is 0 Å². The van der Waals surface area contributed by atoms with E-state index < -0.39 is 0 Å². The van der Waals surface area contributed by atoms with Gasteiger partial charge in [-0.1, -0.05) is 26.0 Å². The molecular weight excluding hydrogens is 198 g/mol. The lowest BCUT2D eigenvalue weighted by molar-refractivity contribution is 0.608. The Hall–Kier alpha value is -1.35. The molecule has 1 aromatic heterocycles. The molecule has 16 heavy (non-hydrogen) atoms. The number of nitrogens with zero attached hydrogens (tertiary/aromatic N) is 2. The van der Waals surface area contributed by atoms with Gasteiger partial charge in [0, 0.05) is 12.5 Å². The molecule has 86 valence electrons. The zero-order valence-corrected chi connectivity index (χ0v) is 9.98. The number of aryl methyl sites for hydroxylation is 1. The molecule has 2 rings (SSSR count). The largest absolute Gasteiger partial charge is 0.330 e. The number of benzene rings is 1. The molecule has 2 N–H and O–H groups in total. The van der Waals surface area contributed by atoms with Gasteiger partial charge in [0.2, 0.25) is 0 Å². The van der Waals surface area contributed by atoms with Crippen LogP contribution in [0.5, 0.6) is 0 Å². The Morgan fingerprint density at radius 3 is 2.75 bits per heavy atom. The van der Waals surface area contributed by atoms with E-state index in [1.807, 2.05) is 6.07 Å². The second-order valence-corrected chi connectivity index (χ2v) is 4.41. The smallest absolute Gasteiger partial charge is 0.112 e. The fourth-order valence-electron chi connectivity index (χ4n) is 2.02. The Morgan fingerprint density at radius 2 is 2.06 bits per heavy atom. The fraction of sp³-hybridized carbons (Fsp3) is 0.462. The lowest BCUT2D eigenvalue weighted by atomic mass is 10.2. The molecule has 0 saturated heterocycles. The Kier molecular flexibility index (Phi) is 3.25. The van der Waals surface area contributed by atoms with Gasteiger partial charge in [-0.25, -0.2) is 4.98 Å². The molecule has 0 aliphatic rings. The maximum atomic E-state index is 5.58. The lowest BCUT2D eigenvalue weighted by Crippen LogP contribution is -2.09. The molecule has 0 aliphatic heterocycles. The summed E-state index contributed by atoms with van der Waals surface area (Å²) in [6.45, 7) is 6.05. The van der Waals surface area contributed by atoms with E-state index in [2.05, 4.69) is 41.6 Å².